The Morgan fingerprint density at radius 1 is 0.929 bits per heavy atom. The van der Waals surface area contributed by atoms with Gasteiger partial charge in [0.05, 0.1) is 6.61 Å². The van der Waals surface area contributed by atoms with Crippen LogP contribution in [0, 0.1) is 11.3 Å². The highest BCUT2D eigenvalue weighted by molar-refractivity contribution is 5.87. The predicted octanol–water partition coefficient (Wildman–Crippen LogP) is 5.13. The Morgan fingerprint density at radius 2 is 1.64 bits per heavy atom. The topological polar surface area (TPSA) is 65.9 Å². The van der Waals surface area contributed by atoms with Gasteiger partial charge in [0.1, 0.15) is 17.4 Å². The number of nitrogens with one attached hydrogen (secondary N) is 1. The molecule has 4 heteroatoms. The van der Waals surface area contributed by atoms with Crippen molar-refractivity contribution in [1.29, 1.82) is 5.26 Å². The number of benzene rings is 3. The zero-order valence-electron chi connectivity index (χ0n) is 15.4. The molecule has 28 heavy (non-hydrogen) atoms. The van der Waals surface area contributed by atoms with Crippen molar-refractivity contribution in [2.75, 3.05) is 6.61 Å². The molecule has 136 valence electrons. The molecule has 0 saturated carbocycles. The van der Waals surface area contributed by atoms with E-state index in [1.165, 1.54) is 0 Å². The van der Waals surface area contributed by atoms with Gasteiger partial charge < -0.3 is 9.72 Å². The van der Waals surface area contributed by atoms with Gasteiger partial charge in [0.25, 0.3) is 5.56 Å². The van der Waals surface area contributed by atoms with E-state index < -0.39 is 5.56 Å². The maximum absolute atomic E-state index is 12.6. The van der Waals surface area contributed by atoms with Crippen molar-refractivity contribution >= 4 is 10.8 Å². The third-order valence-corrected chi connectivity index (χ3v) is 4.68. The number of H-pyrrole nitrogens is 1. The Morgan fingerprint density at radius 3 is 2.36 bits per heavy atom. The second-order valence-corrected chi connectivity index (χ2v) is 6.43. The van der Waals surface area contributed by atoms with Crippen LogP contribution in [-0.4, -0.2) is 11.6 Å². The zero-order valence-corrected chi connectivity index (χ0v) is 15.4. The summed E-state index contributed by atoms with van der Waals surface area (Å²) in [4.78, 5) is 15.4. The van der Waals surface area contributed by atoms with Gasteiger partial charge in [0, 0.05) is 11.3 Å². The molecule has 0 aliphatic rings. The Balaban J connectivity index is 1.85. The second-order valence-electron chi connectivity index (χ2n) is 6.43. The van der Waals surface area contributed by atoms with Gasteiger partial charge in [-0.2, -0.15) is 5.26 Å². The van der Waals surface area contributed by atoms with Crippen molar-refractivity contribution in [3.8, 4) is 34.2 Å². The minimum absolute atomic E-state index is 0.105. The van der Waals surface area contributed by atoms with E-state index in [0.29, 0.717) is 17.9 Å². The minimum atomic E-state index is -0.392. The number of nitrogens with zero attached hydrogens (tertiary/aromatic N) is 1. The highest BCUT2D eigenvalue weighted by Crippen LogP contribution is 2.29. The van der Waals surface area contributed by atoms with Crippen molar-refractivity contribution in [1.82, 2.24) is 4.98 Å². The lowest BCUT2D eigenvalue weighted by Gasteiger charge is -2.10. The summed E-state index contributed by atoms with van der Waals surface area (Å²) in [6.45, 7) is 2.51. The second kappa shape index (κ2) is 7.42. The lowest BCUT2D eigenvalue weighted by atomic mass is 9.98. The molecule has 1 heterocycles. The Hall–Kier alpha value is -3.84. The van der Waals surface area contributed by atoms with Crippen LogP contribution in [0.5, 0.6) is 5.75 Å². The van der Waals surface area contributed by atoms with E-state index in [1.807, 2.05) is 85.8 Å². The van der Waals surface area contributed by atoms with Crippen LogP contribution >= 0.6 is 0 Å². The summed E-state index contributed by atoms with van der Waals surface area (Å²) in [6, 6.07) is 25.4. The third kappa shape index (κ3) is 3.26. The SMILES string of the molecule is CCOc1ccc(-c2cc(-c3ccc4ccccc4c3)[nH]c(=O)c2C#N)cc1. The molecule has 4 aromatic rings. The predicted molar refractivity (Wildman–Crippen MR) is 111 cm³/mol. The Kier molecular flexibility index (Phi) is 4.65. The molecule has 1 aromatic heterocycles. The van der Waals surface area contributed by atoms with Crippen LogP contribution in [-0.2, 0) is 0 Å². The molecule has 0 radical (unpaired) electrons. The zero-order chi connectivity index (χ0) is 19.5. The molecule has 3 aromatic carbocycles. The first-order valence-corrected chi connectivity index (χ1v) is 9.09. The van der Waals surface area contributed by atoms with E-state index in [4.69, 9.17) is 4.74 Å². The summed E-state index contributed by atoms with van der Waals surface area (Å²) in [5.74, 6) is 0.754. The van der Waals surface area contributed by atoms with E-state index in [2.05, 4.69) is 4.98 Å². The summed E-state index contributed by atoms with van der Waals surface area (Å²) in [5.41, 5.74) is 2.70. The van der Waals surface area contributed by atoms with Crippen molar-refractivity contribution in [3.05, 3.63) is 88.7 Å². The number of aromatic nitrogens is 1. The van der Waals surface area contributed by atoms with Crippen molar-refractivity contribution in [2.24, 2.45) is 0 Å². The fraction of sp³-hybridized carbons (Fsp3) is 0.0833. The smallest absolute Gasteiger partial charge is 0.266 e. The Labute approximate surface area is 162 Å². The van der Waals surface area contributed by atoms with Gasteiger partial charge in [-0.05, 0) is 53.1 Å². The number of hydrogen-bond acceptors (Lipinski definition) is 3. The number of rotatable bonds is 4. The molecular formula is C24H18N2O2. The van der Waals surface area contributed by atoms with Gasteiger partial charge in [0.15, 0.2) is 0 Å². The first kappa shape index (κ1) is 17.6. The monoisotopic (exact) mass is 366 g/mol. The quantitative estimate of drug-likeness (QED) is 0.544. The average Bonchev–Trinajstić information content (AvgIpc) is 2.73. The molecular weight excluding hydrogens is 348 g/mol. The van der Waals surface area contributed by atoms with Gasteiger partial charge in [0.2, 0.25) is 0 Å². The third-order valence-electron chi connectivity index (χ3n) is 4.68. The molecule has 0 spiro atoms. The number of fused-ring (bicyclic) bond motifs is 1. The summed E-state index contributed by atoms with van der Waals surface area (Å²) >= 11 is 0. The van der Waals surface area contributed by atoms with Gasteiger partial charge in [-0.3, -0.25) is 4.79 Å². The number of aromatic amines is 1. The normalized spacial score (nSPS) is 10.6. The lowest BCUT2D eigenvalue weighted by molar-refractivity contribution is 0.340. The largest absolute Gasteiger partial charge is 0.494 e. The van der Waals surface area contributed by atoms with E-state index in [1.54, 1.807) is 0 Å². The van der Waals surface area contributed by atoms with E-state index in [-0.39, 0.29) is 5.56 Å². The molecule has 4 nitrogen and oxygen atoms in total. The number of pyridine rings is 1. The van der Waals surface area contributed by atoms with Crippen LogP contribution in [0.25, 0.3) is 33.2 Å². The lowest BCUT2D eigenvalue weighted by Crippen LogP contribution is -2.12. The summed E-state index contributed by atoms with van der Waals surface area (Å²) in [7, 11) is 0. The standard InChI is InChI=1S/C24H18N2O2/c1-2-28-20-11-9-17(10-12-20)21-14-23(26-24(27)22(21)15-25)19-8-7-16-5-3-4-6-18(16)13-19/h3-14H,2H2,1H3,(H,26,27). The summed E-state index contributed by atoms with van der Waals surface area (Å²) in [6.07, 6.45) is 0. The van der Waals surface area contributed by atoms with Crippen LogP contribution in [0.1, 0.15) is 12.5 Å². The molecule has 0 atom stereocenters. The van der Waals surface area contributed by atoms with E-state index in [0.717, 1.165) is 27.6 Å². The van der Waals surface area contributed by atoms with Gasteiger partial charge in [-0.25, -0.2) is 0 Å². The minimum Gasteiger partial charge on any atom is -0.494 e. The first-order chi connectivity index (χ1) is 13.7. The van der Waals surface area contributed by atoms with Gasteiger partial charge >= 0.3 is 0 Å². The van der Waals surface area contributed by atoms with Crippen LogP contribution in [0.3, 0.4) is 0 Å². The molecule has 4 rings (SSSR count). The molecule has 0 aliphatic heterocycles. The van der Waals surface area contributed by atoms with Gasteiger partial charge in [-0.1, -0.05) is 48.5 Å². The fourth-order valence-electron chi connectivity index (χ4n) is 3.31. The average molecular weight is 366 g/mol. The number of nitriles is 1. The van der Waals surface area contributed by atoms with Crippen LogP contribution in [0.15, 0.2) is 77.6 Å². The molecule has 0 aliphatic carbocycles. The molecule has 0 saturated heterocycles. The first-order valence-electron chi connectivity index (χ1n) is 9.09. The maximum Gasteiger partial charge on any atom is 0.266 e. The van der Waals surface area contributed by atoms with E-state index in [9.17, 15) is 10.1 Å². The fourth-order valence-corrected chi connectivity index (χ4v) is 3.31. The van der Waals surface area contributed by atoms with Crippen LogP contribution < -0.4 is 10.3 Å². The highest BCUT2D eigenvalue weighted by Gasteiger charge is 2.13. The van der Waals surface area contributed by atoms with Gasteiger partial charge in [-0.15, -0.1) is 0 Å². The summed E-state index contributed by atoms with van der Waals surface area (Å²) in [5, 5.41) is 11.7. The maximum atomic E-state index is 12.6. The Bertz CT molecular complexity index is 1250. The highest BCUT2D eigenvalue weighted by atomic mass is 16.5. The van der Waals surface area contributed by atoms with Crippen LogP contribution in [0.2, 0.25) is 0 Å². The molecule has 0 amide bonds. The molecule has 1 N–H and O–H groups in total. The van der Waals surface area contributed by atoms with Crippen molar-refractivity contribution < 1.29 is 4.74 Å². The van der Waals surface area contributed by atoms with Crippen molar-refractivity contribution in [3.63, 3.8) is 0 Å². The van der Waals surface area contributed by atoms with E-state index >= 15 is 0 Å². The summed E-state index contributed by atoms with van der Waals surface area (Å²) < 4.78 is 5.48. The molecule has 0 fully saturated rings. The van der Waals surface area contributed by atoms with Crippen LogP contribution in [0.4, 0.5) is 0 Å². The van der Waals surface area contributed by atoms with Crippen molar-refractivity contribution in [2.45, 2.75) is 6.92 Å². The number of ether oxygens (including phenoxy) is 1. The molecule has 0 bridgehead atoms. The number of hydrogen-bond donors (Lipinski definition) is 1. The molecule has 0 unspecified atom stereocenters.